The molecule has 12 heavy (non-hydrogen) atoms. The van der Waals surface area contributed by atoms with E-state index in [9.17, 15) is 8.78 Å². The first kappa shape index (κ1) is 7.28. The molecule has 1 N–H and O–H groups in total. The van der Waals surface area contributed by atoms with E-state index in [1.54, 1.807) is 18.2 Å². The number of nitrogens with one attached hydrogen (secondary N) is 1. The van der Waals surface area contributed by atoms with E-state index >= 15 is 0 Å². The summed E-state index contributed by atoms with van der Waals surface area (Å²) in [7, 11) is 0. The average Bonchev–Trinajstić information content (AvgIpc) is 2.47. The lowest BCUT2D eigenvalue weighted by Gasteiger charge is -1.94. The summed E-state index contributed by atoms with van der Waals surface area (Å²) in [6.07, 6.45) is -1.05. The fourth-order valence-electron chi connectivity index (χ4n) is 1.27. The molecule has 1 heterocycles. The number of halogens is 2. The van der Waals surface area contributed by atoms with Gasteiger partial charge in [0.25, 0.3) is 6.43 Å². The maximum Gasteiger partial charge on any atom is 0.265 e. The van der Waals surface area contributed by atoms with Crippen LogP contribution in [0.3, 0.4) is 0 Å². The van der Waals surface area contributed by atoms with Crippen molar-refractivity contribution in [3.8, 4) is 0 Å². The number of alkyl halides is 2. The molecule has 3 heteroatoms. The summed E-state index contributed by atoms with van der Waals surface area (Å²) in [5, 5.41) is 0.604. The minimum absolute atomic E-state index is 0.0746. The van der Waals surface area contributed by atoms with Crippen LogP contribution < -0.4 is 0 Å². The molecular formula is C9H7F2N. The Hall–Kier alpha value is -1.38. The van der Waals surface area contributed by atoms with Crippen LogP contribution in [0, 0.1) is 0 Å². The predicted octanol–water partition coefficient (Wildman–Crippen LogP) is 3.11. The fourth-order valence-corrected chi connectivity index (χ4v) is 1.27. The summed E-state index contributed by atoms with van der Waals surface area (Å²) in [5.74, 6) is 0. The van der Waals surface area contributed by atoms with Gasteiger partial charge in [-0.3, -0.25) is 0 Å². The van der Waals surface area contributed by atoms with E-state index in [2.05, 4.69) is 4.98 Å². The number of rotatable bonds is 1. The standard InChI is InChI=1S/C9H7F2N/c10-9(11)7-5-12-8-4-2-1-3-6(7)8/h1-5,9,12H. The topological polar surface area (TPSA) is 15.8 Å². The Labute approximate surface area is 68.0 Å². The summed E-state index contributed by atoms with van der Waals surface area (Å²) in [6, 6.07) is 7.03. The van der Waals surface area contributed by atoms with E-state index in [1.807, 2.05) is 6.07 Å². The lowest BCUT2D eigenvalue weighted by molar-refractivity contribution is 0.153. The van der Waals surface area contributed by atoms with Gasteiger partial charge in [0.05, 0.1) is 0 Å². The Morgan fingerprint density at radius 3 is 2.67 bits per heavy atom. The number of para-hydroxylation sites is 1. The van der Waals surface area contributed by atoms with Crippen LogP contribution in [0.25, 0.3) is 10.9 Å². The van der Waals surface area contributed by atoms with Gasteiger partial charge >= 0.3 is 0 Å². The normalized spacial score (nSPS) is 11.2. The zero-order valence-electron chi connectivity index (χ0n) is 6.22. The number of hydrogen-bond donors (Lipinski definition) is 1. The third-order valence-electron chi connectivity index (χ3n) is 1.86. The van der Waals surface area contributed by atoms with Crippen molar-refractivity contribution in [1.82, 2.24) is 4.98 Å². The fraction of sp³-hybridized carbons (Fsp3) is 0.111. The first-order valence-corrected chi connectivity index (χ1v) is 3.63. The first-order valence-electron chi connectivity index (χ1n) is 3.63. The molecule has 0 spiro atoms. The zero-order chi connectivity index (χ0) is 8.55. The maximum atomic E-state index is 12.3. The Morgan fingerprint density at radius 1 is 1.17 bits per heavy atom. The van der Waals surface area contributed by atoms with Crippen molar-refractivity contribution in [2.75, 3.05) is 0 Å². The van der Waals surface area contributed by atoms with Crippen LogP contribution in [0.15, 0.2) is 30.5 Å². The molecular weight excluding hydrogens is 160 g/mol. The molecule has 0 radical (unpaired) electrons. The van der Waals surface area contributed by atoms with Gasteiger partial charge in [-0.1, -0.05) is 18.2 Å². The molecule has 1 aromatic heterocycles. The molecule has 1 nitrogen and oxygen atoms in total. The van der Waals surface area contributed by atoms with Crippen molar-refractivity contribution >= 4 is 10.9 Å². The van der Waals surface area contributed by atoms with E-state index in [1.165, 1.54) is 6.20 Å². The monoisotopic (exact) mass is 167 g/mol. The first-order chi connectivity index (χ1) is 5.79. The molecule has 0 atom stereocenters. The van der Waals surface area contributed by atoms with Crippen molar-refractivity contribution < 1.29 is 8.78 Å². The smallest absolute Gasteiger partial charge is 0.265 e. The number of hydrogen-bond acceptors (Lipinski definition) is 0. The summed E-state index contributed by atoms with van der Waals surface area (Å²) >= 11 is 0. The van der Waals surface area contributed by atoms with Crippen LogP contribution in [0.2, 0.25) is 0 Å². The van der Waals surface area contributed by atoms with Crippen LogP contribution in [-0.2, 0) is 0 Å². The van der Waals surface area contributed by atoms with Gasteiger partial charge in [0.2, 0.25) is 0 Å². The molecule has 0 amide bonds. The molecule has 2 rings (SSSR count). The number of benzene rings is 1. The van der Waals surface area contributed by atoms with Gasteiger partial charge in [0.1, 0.15) is 0 Å². The minimum atomic E-state index is -2.40. The molecule has 0 aliphatic rings. The second kappa shape index (κ2) is 2.59. The van der Waals surface area contributed by atoms with Crippen molar-refractivity contribution in [3.63, 3.8) is 0 Å². The maximum absolute atomic E-state index is 12.3. The highest BCUT2D eigenvalue weighted by molar-refractivity contribution is 5.83. The quantitative estimate of drug-likeness (QED) is 0.671. The van der Waals surface area contributed by atoms with Crippen molar-refractivity contribution in [2.24, 2.45) is 0 Å². The predicted molar refractivity (Wildman–Crippen MR) is 43.3 cm³/mol. The molecule has 62 valence electrons. The van der Waals surface area contributed by atoms with Crippen LogP contribution in [0.5, 0.6) is 0 Å². The average molecular weight is 167 g/mol. The largest absolute Gasteiger partial charge is 0.361 e. The molecule has 0 aliphatic carbocycles. The molecule has 1 aromatic carbocycles. The molecule has 0 unspecified atom stereocenters. The Morgan fingerprint density at radius 2 is 1.92 bits per heavy atom. The van der Waals surface area contributed by atoms with E-state index in [0.717, 1.165) is 5.52 Å². The number of fused-ring (bicyclic) bond motifs is 1. The van der Waals surface area contributed by atoms with E-state index < -0.39 is 6.43 Å². The highest BCUT2D eigenvalue weighted by Crippen LogP contribution is 2.26. The number of aromatic nitrogens is 1. The van der Waals surface area contributed by atoms with Gasteiger partial charge in [-0.25, -0.2) is 8.78 Å². The van der Waals surface area contributed by atoms with Crippen molar-refractivity contribution in [3.05, 3.63) is 36.0 Å². The van der Waals surface area contributed by atoms with Crippen LogP contribution in [0.1, 0.15) is 12.0 Å². The van der Waals surface area contributed by atoms with Gasteiger partial charge in [0.15, 0.2) is 0 Å². The lowest BCUT2D eigenvalue weighted by atomic mass is 10.2. The van der Waals surface area contributed by atoms with Gasteiger partial charge < -0.3 is 4.98 Å². The third kappa shape index (κ3) is 0.978. The van der Waals surface area contributed by atoms with Gasteiger partial charge in [-0.15, -0.1) is 0 Å². The summed E-state index contributed by atoms with van der Waals surface area (Å²) in [4.78, 5) is 2.79. The molecule has 0 bridgehead atoms. The molecule has 2 aromatic rings. The van der Waals surface area contributed by atoms with Crippen molar-refractivity contribution in [2.45, 2.75) is 6.43 Å². The highest BCUT2D eigenvalue weighted by atomic mass is 19.3. The Kier molecular flexibility index (Phi) is 1.57. The third-order valence-corrected chi connectivity index (χ3v) is 1.86. The Balaban J connectivity index is 2.70. The molecule has 0 saturated carbocycles. The number of aromatic amines is 1. The van der Waals surface area contributed by atoms with Crippen LogP contribution >= 0.6 is 0 Å². The number of H-pyrrole nitrogens is 1. The summed E-state index contributed by atoms with van der Waals surface area (Å²) in [5.41, 5.74) is 0.832. The van der Waals surface area contributed by atoms with Gasteiger partial charge in [-0.2, -0.15) is 0 Å². The molecule has 0 aliphatic heterocycles. The van der Waals surface area contributed by atoms with Crippen molar-refractivity contribution in [1.29, 1.82) is 0 Å². The van der Waals surface area contributed by atoms with E-state index in [4.69, 9.17) is 0 Å². The second-order valence-corrected chi connectivity index (χ2v) is 2.59. The molecule has 0 saturated heterocycles. The van der Waals surface area contributed by atoms with Crippen LogP contribution in [0.4, 0.5) is 8.78 Å². The van der Waals surface area contributed by atoms with E-state index in [-0.39, 0.29) is 5.56 Å². The highest BCUT2D eigenvalue weighted by Gasteiger charge is 2.11. The Bertz CT molecular complexity index is 392. The van der Waals surface area contributed by atoms with Gasteiger partial charge in [0, 0.05) is 22.7 Å². The second-order valence-electron chi connectivity index (χ2n) is 2.59. The van der Waals surface area contributed by atoms with E-state index in [0.29, 0.717) is 5.39 Å². The summed E-state index contributed by atoms with van der Waals surface area (Å²) in [6.45, 7) is 0. The zero-order valence-corrected chi connectivity index (χ0v) is 6.22. The van der Waals surface area contributed by atoms with Gasteiger partial charge in [-0.05, 0) is 6.07 Å². The summed E-state index contributed by atoms with van der Waals surface area (Å²) < 4.78 is 24.6. The SMILES string of the molecule is FC(F)c1c[nH]c2ccccc12. The lowest BCUT2D eigenvalue weighted by Crippen LogP contribution is -1.78. The molecule has 0 fully saturated rings. The van der Waals surface area contributed by atoms with Crippen LogP contribution in [-0.4, -0.2) is 4.98 Å². The minimum Gasteiger partial charge on any atom is -0.361 e.